The summed E-state index contributed by atoms with van der Waals surface area (Å²) in [6.45, 7) is 3.78. The molecule has 4 heteroatoms. The van der Waals surface area contributed by atoms with E-state index in [4.69, 9.17) is 0 Å². The van der Waals surface area contributed by atoms with Crippen LogP contribution in [0.3, 0.4) is 0 Å². The van der Waals surface area contributed by atoms with E-state index in [2.05, 4.69) is 12.1 Å². The molecule has 24 heavy (non-hydrogen) atoms. The zero-order valence-electron chi connectivity index (χ0n) is 13.9. The molecule has 0 atom stereocenters. The minimum atomic E-state index is -3.56. The number of rotatable bonds is 5. The fraction of sp³-hybridized carbons (Fsp3) is 0.200. The number of hydrogen-bond donors (Lipinski definition) is 0. The highest BCUT2D eigenvalue weighted by atomic mass is 32.2. The van der Waals surface area contributed by atoms with Gasteiger partial charge < -0.3 is 0 Å². The molecular weight excluding hydrogens is 318 g/mol. The fourth-order valence-corrected chi connectivity index (χ4v) is 4.43. The lowest BCUT2D eigenvalue weighted by molar-refractivity contribution is 0.583. The molecule has 2 aromatic carbocycles. The predicted octanol–water partition coefficient (Wildman–Crippen LogP) is 4.13. The minimum Gasteiger partial charge on any atom is -0.243 e. The van der Waals surface area contributed by atoms with Gasteiger partial charge in [-0.15, -0.1) is 0 Å². The van der Waals surface area contributed by atoms with Gasteiger partial charge in [-0.1, -0.05) is 48.0 Å². The van der Waals surface area contributed by atoms with Crippen LogP contribution in [0.2, 0.25) is 0 Å². The van der Waals surface area contributed by atoms with E-state index in [1.54, 1.807) is 12.1 Å². The largest absolute Gasteiger partial charge is 0.268 e. The molecule has 124 valence electrons. The molecule has 0 unspecified atom stereocenters. The van der Waals surface area contributed by atoms with Crippen LogP contribution < -0.4 is 0 Å². The smallest absolute Gasteiger partial charge is 0.243 e. The van der Waals surface area contributed by atoms with Crippen molar-refractivity contribution in [2.45, 2.75) is 31.6 Å². The number of aromatic nitrogens is 1. The van der Waals surface area contributed by atoms with Crippen LogP contribution in [0.5, 0.6) is 0 Å². The van der Waals surface area contributed by atoms with Gasteiger partial charge in [-0.05, 0) is 56.5 Å². The monoisotopic (exact) mass is 339 g/mol. The van der Waals surface area contributed by atoms with Crippen LogP contribution in [-0.4, -0.2) is 12.4 Å². The Labute approximate surface area is 143 Å². The lowest BCUT2D eigenvalue weighted by Crippen LogP contribution is -2.17. The summed E-state index contributed by atoms with van der Waals surface area (Å²) in [6.07, 6.45) is 1.50. The quantitative estimate of drug-likeness (QED) is 0.701. The second-order valence-electron chi connectivity index (χ2n) is 6.03. The van der Waals surface area contributed by atoms with E-state index in [-0.39, 0.29) is 0 Å². The summed E-state index contributed by atoms with van der Waals surface area (Å²) in [6, 6.07) is 20.9. The molecule has 0 bridgehead atoms. The number of benzene rings is 2. The van der Waals surface area contributed by atoms with Gasteiger partial charge in [0.15, 0.2) is 0 Å². The summed E-state index contributed by atoms with van der Waals surface area (Å²) in [5.41, 5.74) is 3.80. The molecule has 0 fully saturated rings. The highest BCUT2D eigenvalue weighted by Gasteiger charge is 2.21. The maximum absolute atomic E-state index is 13.0. The molecule has 0 saturated carbocycles. The molecule has 0 saturated heterocycles. The lowest BCUT2D eigenvalue weighted by Gasteiger charge is -2.13. The first kappa shape index (κ1) is 16.5. The fourth-order valence-electron chi connectivity index (χ4n) is 2.84. The van der Waals surface area contributed by atoms with Crippen LogP contribution in [-0.2, 0) is 22.9 Å². The van der Waals surface area contributed by atoms with Gasteiger partial charge in [0.1, 0.15) is 0 Å². The van der Waals surface area contributed by atoms with Gasteiger partial charge in [-0.2, -0.15) is 0 Å². The van der Waals surface area contributed by atoms with Crippen molar-refractivity contribution in [3.8, 4) is 0 Å². The molecule has 0 N–H and O–H groups in total. The molecule has 0 aliphatic carbocycles. The lowest BCUT2D eigenvalue weighted by atomic mass is 10.1. The summed E-state index contributed by atoms with van der Waals surface area (Å²) in [7, 11) is -3.56. The molecule has 0 radical (unpaired) electrons. The Kier molecular flexibility index (Phi) is 4.58. The molecule has 3 nitrogen and oxygen atoms in total. The van der Waals surface area contributed by atoms with E-state index < -0.39 is 10.0 Å². The van der Waals surface area contributed by atoms with Gasteiger partial charge in [-0.25, -0.2) is 12.4 Å². The molecular formula is C20H21NO2S. The molecule has 3 aromatic rings. The van der Waals surface area contributed by atoms with E-state index in [0.29, 0.717) is 11.3 Å². The standard InChI is InChI=1S/C20H21NO2S/c1-16-8-14-20(15-9-16)24(22,23)21-17(2)10-12-19(21)13-11-18-6-4-3-5-7-18/h3-10,12,14-15H,11,13H2,1-2H3. The van der Waals surface area contributed by atoms with E-state index >= 15 is 0 Å². The first-order valence-electron chi connectivity index (χ1n) is 8.02. The average molecular weight is 339 g/mol. The SMILES string of the molecule is Cc1ccc(S(=O)(=O)n2c(C)ccc2CCc2ccccc2)cc1. The van der Waals surface area contributed by atoms with Crippen molar-refractivity contribution in [2.24, 2.45) is 0 Å². The van der Waals surface area contributed by atoms with Crippen molar-refractivity contribution in [3.63, 3.8) is 0 Å². The van der Waals surface area contributed by atoms with Crippen molar-refractivity contribution in [1.82, 2.24) is 3.97 Å². The van der Waals surface area contributed by atoms with Crippen LogP contribution in [0.4, 0.5) is 0 Å². The molecule has 1 aromatic heterocycles. The van der Waals surface area contributed by atoms with Gasteiger partial charge in [-0.3, -0.25) is 0 Å². The van der Waals surface area contributed by atoms with E-state index in [1.807, 2.05) is 56.3 Å². The third-order valence-electron chi connectivity index (χ3n) is 4.17. The summed E-state index contributed by atoms with van der Waals surface area (Å²) in [4.78, 5) is 0.327. The van der Waals surface area contributed by atoms with Crippen LogP contribution in [0.15, 0.2) is 71.6 Å². The predicted molar refractivity (Wildman–Crippen MR) is 96.8 cm³/mol. The Hall–Kier alpha value is -2.33. The van der Waals surface area contributed by atoms with Crippen LogP contribution in [0.1, 0.15) is 22.5 Å². The molecule has 0 amide bonds. The Morgan fingerprint density at radius 1 is 0.792 bits per heavy atom. The normalized spacial score (nSPS) is 11.6. The van der Waals surface area contributed by atoms with Crippen molar-refractivity contribution >= 4 is 10.0 Å². The van der Waals surface area contributed by atoms with E-state index in [0.717, 1.165) is 23.4 Å². The summed E-state index contributed by atoms with van der Waals surface area (Å²) in [5, 5.41) is 0. The topological polar surface area (TPSA) is 39.1 Å². The maximum Gasteiger partial charge on any atom is 0.268 e. The van der Waals surface area contributed by atoms with Crippen molar-refractivity contribution in [3.05, 3.63) is 89.2 Å². The molecule has 0 aliphatic rings. The zero-order valence-corrected chi connectivity index (χ0v) is 14.8. The summed E-state index contributed by atoms with van der Waals surface area (Å²) >= 11 is 0. The Balaban J connectivity index is 1.93. The van der Waals surface area contributed by atoms with Gasteiger partial charge >= 0.3 is 0 Å². The van der Waals surface area contributed by atoms with Crippen LogP contribution in [0.25, 0.3) is 0 Å². The minimum absolute atomic E-state index is 0.327. The first-order valence-corrected chi connectivity index (χ1v) is 9.46. The van der Waals surface area contributed by atoms with Gasteiger partial charge in [0, 0.05) is 11.4 Å². The average Bonchev–Trinajstić information content (AvgIpc) is 2.96. The van der Waals surface area contributed by atoms with Crippen LogP contribution in [0, 0.1) is 13.8 Å². The van der Waals surface area contributed by atoms with Gasteiger partial charge in [0.2, 0.25) is 0 Å². The van der Waals surface area contributed by atoms with E-state index in [1.165, 1.54) is 9.54 Å². The molecule has 3 rings (SSSR count). The second kappa shape index (κ2) is 6.65. The highest BCUT2D eigenvalue weighted by Crippen LogP contribution is 2.21. The van der Waals surface area contributed by atoms with E-state index in [9.17, 15) is 8.42 Å². The van der Waals surface area contributed by atoms with Gasteiger partial charge in [0.05, 0.1) is 4.90 Å². The Morgan fingerprint density at radius 3 is 2.12 bits per heavy atom. The molecule has 1 heterocycles. The third kappa shape index (κ3) is 3.29. The third-order valence-corrected chi connectivity index (χ3v) is 6.04. The summed E-state index contributed by atoms with van der Waals surface area (Å²) < 4.78 is 27.5. The van der Waals surface area contributed by atoms with Gasteiger partial charge in [0.25, 0.3) is 10.0 Å². The number of hydrogen-bond acceptors (Lipinski definition) is 2. The molecule has 0 spiro atoms. The number of nitrogens with zero attached hydrogens (tertiary/aromatic N) is 1. The van der Waals surface area contributed by atoms with Crippen LogP contribution >= 0.6 is 0 Å². The summed E-state index contributed by atoms with van der Waals surface area (Å²) in [5.74, 6) is 0. The molecule has 0 aliphatic heterocycles. The maximum atomic E-state index is 13.0. The van der Waals surface area contributed by atoms with Crippen molar-refractivity contribution in [2.75, 3.05) is 0 Å². The first-order chi connectivity index (χ1) is 11.5. The highest BCUT2D eigenvalue weighted by molar-refractivity contribution is 7.90. The zero-order chi connectivity index (χ0) is 17.2. The number of aryl methyl sites for hydroxylation is 4. The van der Waals surface area contributed by atoms with Crippen molar-refractivity contribution < 1.29 is 8.42 Å². The second-order valence-corrected chi connectivity index (χ2v) is 7.82. The Bertz CT molecular complexity index is 924. The Morgan fingerprint density at radius 2 is 1.46 bits per heavy atom. The van der Waals surface area contributed by atoms with Crippen molar-refractivity contribution in [1.29, 1.82) is 0 Å².